The Hall–Kier alpha value is -0.950. The van der Waals surface area contributed by atoms with Gasteiger partial charge in [0.1, 0.15) is 0 Å². The minimum Gasteiger partial charge on any atom is -0.392 e. The second-order valence-electron chi connectivity index (χ2n) is 5.21. The number of hydrogen-bond donors (Lipinski definition) is 2. The second-order valence-corrected chi connectivity index (χ2v) is 7.02. The molecule has 6 heteroatoms. The predicted octanol–water partition coefficient (Wildman–Crippen LogP) is 1.02. The van der Waals surface area contributed by atoms with Crippen molar-refractivity contribution in [1.29, 1.82) is 0 Å². The van der Waals surface area contributed by atoms with Crippen LogP contribution in [0.25, 0.3) is 0 Å². The van der Waals surface area contributed by atoms with Crippen molar-refractivity contribution in [1.82, 2.24) is 4.72 Å². The number of aliphatic hydroxyl groups excluding tert-OH is 1. The molecule has 0 bridgehead atoms. The van der Waals surface area contributed by atoms with E-state index in [4.69, 9.17) is 9.84 Å². The summed E-state index contributed by atoms with van der Waals surface area (Å²) >= 11 is 0. The van der Waals surface area contributed by atoms with Crippen molar-refractivity contribution in [2.24, 2.45) is 5.92 Å². The van der Waals surface area contributed by atoms with E-state index in [1.807, 2.05) is 6.92 Å². The second kappa shape index (κ2) is 6.67. The number of aliphatic hydroxyl groups is 1. The van der Waals surface area contributed by atoms with Crippen molar-refractivity contribution in [3.05, 3.63) is 35.4 Å². The Kier molecular flexibility index (Phi) is 5.15. The van der Waals surface area contributed by atoms with E-state index in [1.54, 1.807) is 24.3 Å². The fraction of sp³-hybridized carbons (Fsp3) is 0.571. The summed E-state index contributed by atoms with van der Waals surface area (Å²) in [5.41, 5.74) is 1.40. The van der Waals surface area contributed by atoms with Crippen molar-refractivity contribution in [3.63, 3.8) is 0 Å². The van der Waals surface area contributed by atoms with Gasteiger partial charge in [-0.25, -0.2) is 13.1 Å². The van der Waals surface area contributed by atoms with Crippen molar-refractivity contribution >= 4 is 10.0 Å². The molecule has 112 valence electrons. The van der Waals surface area contributed by atoms with Crippen molar-refractivity contribution in [2.45, 2.75) is 31.8 Å². The Morgan fingerprint density at radius 1 is 1.40 bits per heavy atom. The maximum Gasteiger partial charge on any atom is 0.215 e. The molecule has 2 N–H and O–H groups in total. The standard InChI is InChI=1S/C14H21NO4S/c1-11-14(5-6-19-11)8-15-20(17,18)10-13-4-2-3-12(7-13)9-16/h2-4,7,11,14-16H,5-6,8-10H2,1H3. The highest BCUT2D eigenvalue weighted by Crippen LogP contribution is 2.19. The van der Waals surface area contributed by atoms with Gasteiger partial charge in [-0.3, -0.25) is 0 Å². The molecule has 5 nitrogen and oxygen atoms in total. The molecule has 0 amide bonds. The lowest BCUT2D eigenvalue weighted by atomic mass is 10.0. The largest absolute Gasteiger partial charge is 0.392 e. The van der Waals surface area contributed by atoms with Crippen LogP contribution in [0.5, 0.6) is 0 Å². The van der Waals surface area contributed by atoms with Gasteiger partial charge in [0, 0.05) is 19.1 Å². The summed E-state index contributed by atoms with van der Waals surface area (Å²) in [5, 5.41) is 9.06. The van der Waals surface area contributed by atoms with Gasteiger partial charge >= 0.3 is 0 Å². The zero-order valence-corrected chi connectivity index (χ0v) is 12.4. The van der Waals surface area contributed by atoms with Crippen molar-refractivity contribution in [2.75, 3.05) is 13.2 Å². The first-order valence-electron chi connectivity index (χ1n) is 6.78. The molecular weight excluding hydrogens is 278 g/mol. The molecule has 1 aromatic rings. The van der Waals surface area contributed by atoms with Gasteiger partial charge in [-0.2, -0.15) is 0 Å². The first-order chi connectivity index (χ1) is 9.50. The third-order valence-corrected chi connectivity index (χ3v) is 4.95. The minimum absolute atomic E-state index is 0.0667. The quantitative estimate of drug-likeness (QED) is 0.822. The number of rotatable bonds is 6. The highest BCUT2D eigenvalue weighted by molar-refractivity contribution is 7.88. The molecule has 0 saturated carbocycles. The van der Waals surface area contributed by atoms with Crippen LogP contribution in [-0.4, -0.2) is 32.8 Å². The molecule has 0 aromatic heterocycles. The molecule has 2 atom stereocenters. The zero-order valence-electron chi connectivity index (χ0n) is 11.6. The molecule has 20 heavy (non-hydrogen) atoms. The third kappa shape index (κ3) is 4.28. The molecule has 1 fully saturated rings. The molecule has 1 aliphatic heterocycles. The molecule has 1 saturated heterocycles. The lowest BCUT2D eigenvalue weighted by Gasteiger charge is -2.15. The predicted molar refractivity (Wildman–Crippen MR) is 76.5 cm³/mol. The minimum atomic E-state index is -3.36. The highest BCUT2D eigenvalue weighted by atomic mass is 32.2. The van der Waals surface area contributed by atoms with E-state index in [2.05, 4.69) is 4.72 Å². The van der Waals surface area contributed by atoms with Crippen LogP contribution < -0.4 is 4.72 Å². The molecular formula is C14H21NO4S. The SMILES string of the molecule is CC1OCCC1CNS(=O)(=O)Cc1cccc(CO)c1. The average Bonchev–Trinajstić information content (AvgIpc) is 2.82. The van der Waals surface area contributed by atoms with Crippen LogP contribution in [0.15, 0.2) is 24.3 Å². The summed E-state index contributed by atoms with van der Waals surface area (Å²) in [6, 6.07) is 6.98. The Labute approximate surface area is 120 Å². The summed E-state index contributed by atoms with van der Waals surface area (Å²) < 4.78 is 32.2. The van der Waals surface area contributed by atoms with Gasteiger partial charge in [-0.05, 0) is 24.5 Å². The van der Waals surface area contributed by atoms with Gasteiger partial charge < -0.3 is 9.84 Å². The molecule has 2 unspecified atom stereocenters. The van der Waals surface area contributed by atoms with Crippen molar-refractivity contribution < 1.29 is 18.3 Å². The van der Waals surface area contributed by atoms with Gasteiger partial charge in [0.15, 0.2) is 0 Å². The van der Waals surface area contributed by atoms with Gasteiger partial charge in [-0.15, -0.1) is 0 Å². The number of ether oxygens (including phenoxy) is 1. The molecule has 1 aromatic carbocycles. The van der Waals surface area contributed by atoms with Crippen LogP contribution in [0, 0.1) is 5.92 Å². The number of nitrogens with one attached hydrogen (secondary N) is 1. The first kappa shape index (κ1) is 15.4. The number of sulfonamides is 1. The Morgan fingerprint density at radius 3 is 2.80 bits per heavy atom. The van der Waals surface area contributed by atoms with Gasteiger partial charge in [0.05, 0.1) is 18.5 Å². The van der Waals surface area contributed by atoms with E-state index in [0.29, 0.717) is 18.7 Å². The fourth-order valence-corrected chi connectivity index (χ4v) is 3.55. The Bertz CT molecular complexity index is 544. The molecule has 0 aliphatic carbocycles. The zero-order chi connectivity index (χ0) is 14.6. The summed E-state index contributed by atoms with van der Waals surface area (Å²) in [7, 11) is -3.36. The lowest BCUT2D eigenvalue weighted by Crippen LogP contribution is -2.32. The Morgan fingerprint density at radius 2 is 2.15 bits per heavy atom. The average molecular weight is 299 g/mol. The van der Waals surface area contributed by atoms with E-state index in [0.717, 1.165) is 12.0 Å². The van der Waals surface area contributed by atoms with Crippen LogP contribution in [0.2, 0.25) is 0 Å². The lowest BCUT2D eigenvalue weighted by molar-refractivity contribution is 0.107. The van der Waals surface area contributed by atoms with Crippen LogP contribution in [0.3, 0.4) is 0 Å². The smallest absolute Gasteiger partial charge is 0.215 e. The first-order valence-corrected chi connectivity index (χ1v) is 8.43. The molecule has 1 aliphatic rings. The van der Waals surface area contributed by atoms with Crippen molar-refractivity contribution in [3.8, 4) is 0 Å². The summed E-state index contributed by atoms with van der Waals surface area (Å²) in [5.74, 6) is 0.177. The monoisotopic (exact) mass is 299 g/mol. The van der Waals surface area contributed by atoms with Crippen LogP contribution in [0.1, 0.15) is 24.5 Å². The number of benzene rings is 1. The van der Waals surface area contributed by atoms with Crippen LogP contribution in [0.4, 0.5) is 0 Å². The van der Waals surface area contributed by atoms with Crippen LogP contribution >= 0.6 is 0 Å². The van der Waals surface area contributed by atoms with Gasteiger partial charge in [0.25, 0.3) is 0 Å². The summed E-state index contributed by atoms with van der Waals surface area (Å²) in [6.45, 7) is 3.00. The maximum atomic E-state index is 12.0. The van der Waals surface area contributed by atoms with Gasteiger partial charge in [-0.1, -0.05) is 24.3 Å². The van der Waals surface area contributed by atoms with Gasteiger partial charge in [0.2, 0.25) is 10.0 Å². The molecule has 1 heterocycles. The van der Waals surface area contributed by atoms with E-state index < -0.39 is 10.0 Å². The summed E-state index contributed by atoms with van der Waals surface area (Å²) in [6.07, 6.45) is 0.999. The molecule has 2 rings (SSSR count). The Balaban J connectivity index is 1.93. The highest BCUT2D eigenvalue weighted by Gasteiger charge is 2.25. The summed E-state index contributed by atoms with van der Waals surface area (Å²) in [4.78, 5) is 0. The topological polar surface area (TPSA) is 75.6 Å². The number of hydrogen-bond acceptors (Lipinski definition) is 4. The van der Waals surface area contributed by atoms with E-state index in [1.165, 1.54) is 0 Å². The normalized spacial score (nSPS) is 23.1. The van der Waals surface area contributed by atoms with E-state index in [-0.39, 0.29) is 24.4 Å². The fourth-order valence-electron chi connectivity index (χ4n) is 2.37. The van der Waals surface area contributed by atoms with E-state index in [9.17, 15) is 8.42 Å². The molecule has 0 spiro atoms. The third-order valence-electron chi connectivity index (χ3n) is 3.63. The maximum absolute atomic E-state index is 12.0. The molecule has 0 radical (unpaired) electrons. The van der Waals surface area contributed by atoms with E-state index >= 15 is 0 Å². The van der Waals surface area contributed by atoms with Crippen LogP contribution in [-0.2, 0) is 27.1 Å².